The van der Waals surface area contributed by atoms with E-state index < -0.39 is 0 Å². The molecule has 1 fully saturated rings. The minimum Gasteiger partial charge on any atom is -0.360 e. The third-order valence-electron chi connectivity index (χ3n) is 3.69. The van der Waals surface area contributed by atoms with Crippen LogP contribution in [0.2, 0.25) is 0 Å². The Bertz CT molecular complexity index is 759. The molecule has 0 unspecified atom stereocenters. The molecule has 1 aromatic heterocycles. The summed E-state index contributed by atoms with van der Waals surface area (Å²) in [4.78, 5) is 25.0. The number of benzene rings is 1. The number of amides is 1. The number of anilines is 4. The highest BCUT2D eigenvalue weighted by Crippen LogP contribution is 2.33. The van der Waals surface area contributed by atoms with Gasteiger partial charge >= 0.3 is 4.87 Å². The molecule has 122 valence electrons. The second kappa shape index (κ2) is 6.33. The number of nitrogens with two attached hydrogens (primary N) is 1. The number of rotatable bonds is 4. The first-order valence-electron chi connectivity index (χ1n) is 7.45. The Morgan fingerprint density at radius 3 is 2.39 bits per heavy atom. The van der Waals surface area contributed by atoms with Crippen molar-refractivity contribution in [3.8, 4) is 0 Å². The summed E-state index contributed by atoms with van der Waals surface area (Å²) in [5, 5.41) is 6.80. The highest BCUT2D eigenvalue weighted by Gasteiger charge is 2.22. The summed E-state index contributed by atoms with van der Waals surface area (Å²) < 4.78 is 1.15. The van der Waals surface area contributed by atoms with Gasteiger partial charge in [-0.3, -0.25) is 9.59 Å². The van der Waals surface area contributed by atoms with Crippen LogP contribution in [0.25, 0.3) is 0 Å². The third kappa shape index (κ3) is 3.31. The van der Waals surface area contributed by atoms with E-state index >= 15 is 0 Å². The van der Waals surface area contributed by atoms with E-state index in [2.05, 4.69) is 15.5 Å². The van der Waals surface area contributed by atoms with Crippen LogP contribution >= 0.6 is 11.3 Å². The van der Waals surface area contributed by atoms with Gasteiger partial charge in [0.1, 0.15) is 5.00 Å². The zero-order chi connectivity index (χ0) is 16.4. The molecule has 0 saturated carbocycles. The summed E-state index contributed by atoms with van der Waals surface area (Å²) >= 11 is 1.16. The van der Waals surface area contributed by atoms with Gasteiger partial charge in [0.2, 0.25) is 5.91 Å². The Labute approximate surface area is 137 Å². The standard InChI is InChI=1S/C15H19N5O2S/c1-10(21)17-11-4-6-12(7-5-11)18-13-14(19-8-2-3-9-19)23-15(22)20(13)16/h4-7,18H,2-3,8-9,16H2,1H3,(H,17,21). The highest BCUT2D eigenvalue weighted by atomic mass is 32.1. The topological polar surface area (TPSA) is 92.4 Å². The van der Waals surface area contributed by atoms with E-state index in [0.717, 1.165) is 58.3 Å². The summed E-state index contributed by atoms with van der Waals surface area (Å²) in [6.45, 7) is 3.35. The Hall–Kier alpha value is -2.48. The summed E-state index contributed by atoms with van der Waals surface area (Å²) in [6.07, 6.45) is 2.25. The van der Waals surface area contributed by atoms with Crippen LogP contribution in [-0.4, -0.2) is 23.7 Å². The van der Waals surface area contributed by atoms with Gasteiger partial charge in [-0.2, -0.15) is 4.68 Å². The van der Waals surface area contributed by atoms with Gasteiger partial charge in [0.15, 0.2) is 5.82 Å². The van der Waals surface area contributed by atoms with E-state index in [1.54, 1.807) is 12.1 Å². The Morgan fingerprint density at radius 2 is 1.78 bits per heavy atom. The normalized spacial score (nSPS) is 14.0. The minimum atomic E-state index is -0.190. The molecule has 0 spiro atoms. The van der Waals surface area contributed by atoms with Gasteiger partial charge in [-0.25, -0.2) is 0 Å². The van der Waals surface area contributed by atoms with E-state index in [0.29, 0.717) is 5.82 Å². The first-order valence-corrected chi connectivity index (χ1v) is 8.27. The number of hydrogen-bond acceptors (Lipinski definition) is 6. The van der Waals surface area contributed by atoms with Gasteiger partial charge < -0.3 is 21.4 Å². The van der Waals surface area contributed by atoms with Crippen LogP contribution in [0.1, 0.15) is 19.8 Å². The minimum absolute atomic E-state index is 0.115. The molecular weight excluding hydrogens is 314 g/mol. The monoisotopic (exact) mass is 333 g/mol. The predicted octanol–water partition coefficient (Wildman–Crippen LogP) is 1.93. The molecule has 1 aliphatic rings. The van der Waals surface area contributed by atoms with Gasteiger partial charge in [0.05, 0.1) is 0 Å². The number of aromatic nitrogens is 1. The maximum Gasteiger partial charge on any atom is 0.329 e. The van der Waals surface area contributed by atoms with Crippen molar-refractivity contribution in [3.63, 3.8) is 0 Å². The molecule has 23 heavy (non-hydrogen) atoms. The maximum absolute atomic E-state index is 11.9. The molecule has 0 aliphatic carbocycles. The average Bonchev–Trinajstić information content (AvgIpc) is 3.12. The lowest BCUT2D eigenvalue weighted by Gasteiger charge is -2.18. The number of nitrogens with zero attached hydrogens (tertiary/aromatic N) is 2. The van der Waals surface area contributed by atoms with Crippen LogP contribution in [0.15, 0.2) is 29.1 Å². The Morgan fingerprint density at radius 1 is 1.17 bits per heavy atom. The molecule has 0 bridgehead atoms. The fourth-order valence-corrected chi connectivity index (χ4v) is 3.51. The lowest BCUT2D eigenvalue weighted by atomic mass is 10.2. The first kappa shape index (κ1) is 15.4. The van der Waals surface area contributed by atoms with Crippen LogP contribution in [0, 0.1) is 0 Å². The Balaban J connectivity index is 1.84. The van der Waals surface area contributed by atoms with Crippen molar-refractivity contribution in [1.29, 1.82) is 0 Å². The number of carbonyl (C=O) groups is 1. The zero-order valence-corrected chi connectivity index (χ0v) is 13.7. The number of nitrogens with one attached hydrogen (secondary N) is 2. The van der Waals surface area contributed by atoms with E-state index in [-0.39, 0.29) is 10.8 Å². The molecule has 1 aliphatic heterocycles. The van der Waals surface area contributed by atoms with Crippen molar-refractivity contribution in [2.45, 2.75) is 19.8 Å². The number of carbonyl (C=O) groups excluding carboxylic acids is 1. The van der Waals surface area contributed by atoms with Crippen molar-refractivity contribution in [3.05, 3.63) is 33.9 Å². The SMILES string of the molecule is CC(=O)Nc1ccc(Nc2c(N3CCCC3)sc(=O)n2N)cc1. The predicted molar refractivity (Wildman–Crippen MR) is 94.2 cm³/mol. The van der Waals surface area contributed by atoms with Gasteiger partial charge in [-0.1, -0.05) is 11.3 Å². The summed E-state index contributed by atoms with van der Waals surface area (Å²) in [7, 11) is 0. The summed E-state index contributed by atoms with van der Waals surface area (Å²) in [5.74, 6) is 6.37. The first-order chi connectivity index (χ1) is 11.0. The summed E-state index contributed by atoms with van der Waals surface area (Å²) in [5.41, 5.74) is 1.52. The molecule has 7 nitrogen and oxygen atoms in total. The fraction of sp³-hybridized carbons (Fsp3) is 0.333. The molecule has 1 amide bonds. The second-order valence-corrected chi connectivity index (χ2v) is 6.41. The lowest BCUT2D eigenvalue weighted by molar-refractivity contribution is -0.114. The number of thiazole rings is 1. The van der Waals surface area contributed by atoms with Crippen LogP contribution in [-0.2, 0) is 4.79 Å². The second-order valence-electron chi connectivity index (χ2n) is 5.47. The molecule has 8 heteroatoms. The molecule has 2 heterocycles. The van der Waals surface area contributed by atoms with Crippen LogP contribution in [0.4, 0.5) is 22.2 Å². The molecule has 0 radical (unpaired) electrons. The fourth-order valence-electron chi connectivity index (χ4n) is 2.60. The molecule has 0 atom stereocenters. The molecule has 1 saturated heterocycles. The van der Waals surface area contributed by atoms with Crippen LogP contribution < -0.4 is 26.2 Å². The van der Waals surface area contributed by atoms with E-state index in [9.17, 15) is 9.59 Å². The van der Waals surface area contributed by atoms with Gasteiger partial charge in [-0.15, -0.1) is 0 Å². The number of nitrogen functional groups attached to an aromatic ring is 1. The van der Waals surface area contributed by atoms with Crippen LogP contribution in [0.3, 0.4) is 0 Å². The van der Waals surface area contributed by atoms with Crippen molar-refractivity contribution in [2.24, 2.45) is 0 Å². The van der Waals surface area contributed by atoms with Crippen molar-refractivity contribution < 1.29 is 4.79 Å². The smallest absolute Gasteiger partial charge is 0.329 e. The van der Waals surface area contributed by atoms with Gasteiger partial charge in [0.25, 0.3) is 0 Å². The number of hydrogen-bond donors (Lipinski definition) is 3. The molecule has 4 N–H and O–H groups in total. The lowest BCUT2D eigenvalue weighted by Crippen LogP contribution is -2.24. The third-order valence-corrected chi connectivity index (χ3v) is 4.70. The highest BCUT2D eigenvalue weighted by molar-refractivity contribution is 7.14. The van der Waals surface area contributed by atoms with Gasteiger partial charge in [0, 0.05) is 31.4 Å². The molecule has 1 aromatic carbocycles. The molecule has 2 aromatic rings. The van der Waals surface area contributed by atoms with E-state index in [1.807, 2.05) is 12.1 Å². The van der Waals surface area contributed by atoms with E-state index in [1.165, 1.54) is 6.92 Å². The van der Waals surface area contributed by atoms with Crippen LogP contribution in [0.5, 0.6) is 0 Å². The average molecular weight is 333 g/mol. The molecule has 3 rings (SSSR count). The van der Waals surface area contributed by atoms with Crippen molar-refractivity contribution in [1.82, 2.24) is 4.68 Å². The van der Waals surface area contributed by atoms with E-state index in [4.69, 9.17) is 5.84 Å². The quantitative estimate of drug-likeness (QED) is 0.744. The van der Waals surface area contributed by atoms with Crippen molar-refractivity contribution in [2.75, 3.05) is 34.5 Å². The van der Waals surface area contributed by atoms with Gasteiger partial charge in [-0.05, 0) is 37.1 Å². The Kier molecular flexibility index (Phi) is 4.24. The summed E-state index contributed by atoms with van der Waals surface area (Å²) in [6, 6.07) is 7.26. The van der Waals surface area contributed by atoms with Crippen molar-refractivity contribution >= 4 is 39.4 Å². The molecular formula is C15H19N5O2S. The maximum atomic E-state index is 11.9. The largest absolute Gasteiger partial charge is 0.360 e. The zero-order valence-electron chi connectivity index (χ0n) is 12.8.